The molecule has 0 saturated carbocycles. The van der Waals surface area contributed by atoms with Gasteiger partial charge in [0.05, 0.1) is 0 Å². The summed E-state index contributed by atoms with van der Waals surface area (Å²) in [6.07, 6.45) is 9.03. The molecule has 0 unspecified atom stereocenters. The number of ketones is 1. The van der Waals surface area contributed by atoms with Crippen molar-refractivity contribution in [2.75, 3.05) is 0 Å². The van der Waals surface area contributed by atoms with Crippen LogP contribution < -0.4 is 0 Å². The summed E-state index contributed by atoms with van der Waals surface area (Å²) in [5.74, 6) is 0.145. The van der Waals surface area contributed by atoms with Gasteiger partial charge in [-0.1, -0.05) is 69.4 Å². The first-order valence-electron chi connectivity index (χ1n) is 8.25. The van der Waals surface area contributed by atoms with E-state index in [1.54, 1.807) is 6.92 Å². The van der Waals surface area contributed by atoms with Crippen LogP contribution in [0.2, 0.25) is 0 Å². The lowest BCUT2D eigenvalue weighted by Gasteiger charge is -2.08. The first-order valence-corrected chi connectivity index (χ1v) is 8.25. The average Bonchev–Trinajstić information content (AvgIpc) is 2.50. The van der Waals surface area contributed by atoms with Crippen LogP contribution in [0.25, 0.3) is 10.8 Å². The number of aryl methyl sites for hydroxylation is 1. The minimum Gasteiger partial charge on any atom is -0.295 e. The van der Waals surface area contributed by atoms with Crippen LogP contribution in [0, 0.1) is 0 Å². The monoisotopic (exact) mass is 282 g/mol. The molecule has 0 aliphatic heterocycles. The van der Waals surface area contributed by atoms with Crippen molar-refractivity contribution in [3.63, 3.8) is 0 Å². The van der Waals surface area contributed by atoms with Gasteiger partial charge in [0.2, 0.25) is 0 Å². The molecule has 0 amide bonds. The molecule has 2 aromatic rings. The van der Waals surface area contributed by atoms with Crippen molar-refractivity contribution < 1.29 is 4.79 Å². The Morgan fingerprint density at radius 3 is 2.48 bits per heavy atom. The minimum atomic E-state index is 0.145. The summed E-state index contributed by atoms with van der Waals surface area (Å²) in [5, 5.41) is 2.49. The lowest BCUT2D eigenvalue weighted by molar-refractivity contribution is 0.101. The fourth-order valence-corrected chi connectivity index (χ4v) is 2.87. The van der Waals surface area contributed by atoms with E-state index in [0.717, 1.165) is 12.0 Å². The Morgan fingerprint density at radius 1 is 0.952 bits per heavy atom. The molecular formula is C20H26O. The van der Waals surface area contributed by atoms with E-state index in [9.17, 15) is 4.79 Å². The van der Waals surface area contributed by atoms with Crippen LogP contribution >= 0.6 is 0 Å². The van der Waals surface area contributed by atoms with Gasteiger partial charge in [0.15, 0.2) is 5.78 Å². The summed E-state index contributed by atoms with van der Waals surface area (Å²) < 4.78 is 0. The quantitative estimate of drug-likeness (QED) is 0.432. The lowest BCUT2D eigenvalue weighted by Crippen LogP contribution is -1.94. The van der Waals surface area contributed by atoms with Crippen molar-refractivity contribution in [3.05, 3.63) is 47.5 Å². The molecular weight excluding hydrogens is 256 g/mol. The van der Waals surface area contributed by atoms with Crippen molar-refractivity contribution in [1.29, 1.82) is 0 Å². The minimum absolute atomic E-state index is 0.145. The summed E-state index contributed by atoms with van der Waals surface area (Å²) in [4.78, 5) is 11.6. The van der Waals surface area contributed by atoms with E-state index in [4.69, 9.17) is 0 Å². The highest BCUT2D eigenvalue weighted by Crippen LogP contribution is 2.22. The Kier molecular flexibility index (Phi) is 5.98. The highest BCUT2D eigenvalue weighted by Gasteiger charge is 2.05. The first-order chi connectivity index (χ1) is 10.2. The van der Waals surface area contributed by atoms with Gasteiger partial charge in [0, 0.05) is 5.56 Å². The predicted octanol–water partition coefficient (Wildman–Crippen LogP) is 5.95. The van der Waals surface area contributed by atoms with Gasteiger partial charge >= 0.3 is 0 Å². The maximum atomic E-state index is 11.6. The van der Waals surface area contributed by atoms with Gasteiger partial charge in [-0.3, -0.25) is 4.79 Å². The highest BCUT2D eigenvalue weighted by atomic mass is 16.1. The number of hydrogen-bond donors (Lipinski definition) is 0. The van der Waals surface area contributed by atoms with Gasteiger partial charge in [-0.05, 0) is 42.2 Å². The van der Waals surface area contributed by atoms with E-state index < -0.39 is 0 Å². The Hall–Kier alpha value is -1.63. The molecule has 2 rings (SSSR count). The fraction of sp³-hybridized carbons (Fsp3) is 0.450. The van der Waals surface area contributed by atoms with Crippen LogP contribution in [-0.2, 0) is 6.42 Å². The summed E-state index contributed by atoms with van der Waals surface area (Å²) in [6, 6.07) is 12.5. The number of unbranched alkanes of at least 4 members (excludes halogenated alkanes) is 5. The van der Waals surface area contributed by atoms with Gasteiger partial charge in [-0.25, -0.2) is 0 Å². The van der Waals surface area contributed by atoms with Gasteiger partial charge < -0.3 is 0 Å². The summed E-state index contributed by atoms with van der Waals surface area (Å²) >= 11 is 0. The topological polar surface area (TPSA) is 17.1 Å². The Morgan fingerprint density at radius 2 is 1.71 bits per heavy atom. The zero-order valence-electron chi connectivity index (χ0n) is 13.3. The molecule has 0 bridgehead atoms. The molecule has 0 spiro atoms. The summed E-state index contributed by atoms with van der Waals surface area (Å²) in [5.41, 5.74) is 2.20. The van der Waals surface area contributed by atoms with Gasteiger partial charge in [0.25, 0.3) is 0 Å². The van der Waals surface area contributed by atoms with E-state index in [0.29, 0.717) is 0 Å². The molecule has 112 valence electrons. The number of fused-ring (bicyclic) bond motifs is 1. The van der Waals surface area contributed by atoms with Crippen LogP contribution in [0.3, 0.4) is 0 Å². The van der Waals surface area contributed by atoms with Crippen LogP contribution in [0.4, 0.5) is 0 Å². The molecule has 0 N–H and O–H groups in total. The van der Waals surface area contributed by atoms with E-state index in [1.165, 1.54) is 54.9 Å². The molecule has 0 fully saturated rings. The second kappa shape index (κ2) is 7.97. The smallest absolute Gasteiger partial charge is 0.159 e. The van der Waals surface area contributed by atoms with Crippen molar-refractivity contribution >= 4 is 16.6 Å². The maximum Gasteiger partial charge on any atom is 0.159 e. The average molecular weight is 282 g/mol. The number of rotatable bonds is 8. The highest BCUT2D eigenvalue weighted by molar-refractivity contribution is 5.99. The maximum absolute atomic E-state index is 11.6. The normalized spacial score (nSPS) is 11.0. The molecule has 0 radical (unpaired) electrons. The number of hydrogen-bond acceptors (Lipinski definition) is 1. The lowest BCUT2D eigenvalue weighted by atomic mass is 9.97. The predicted molar refractivity (Wildman–Crippen MR) is 91.0 cm³/mol. The molecule has 0 aromatic heterocycles. The van der Waals surface area contributed by atoms with E-state index in [2.05, 4.69) is 37.3 Å². The molecule has 1 nitrogen and oxygen atoms in total. The Bertz CT molecular complexity index is 598. The van der Waals surface area contributed by atoms with Crippen molar-refractivity contribution in [3.8, 4) is 0 Å². The fourth-order valence-electron chi connectivity index (χ4n) is 2.87. The standard InChI is InChI=1S/C20H26O/c1-3-4-5-6-7-8-10-17-11-9-12-18-13-14-19(16(2)21)15-20(17)18/h9,11-15H,3-8,10H2,1-2H3. The van der Waals surface area contributed by atoms with Crippen LogP contribution in [0.5, 0.6) is 0 Å². The van der Waals surface area contributed by atoms with Crippen LogP contribution in [0.15, 0.2) is 36.4 Å². The number of Topliss-reactive ketones (excluding diaryl/α,β-unsaturated/α-hetero) is 1. The van der Waals surface area contributed by atoms with Gasteiger partial charge in [0.1, 0.15) is 0 Å². The Labute approximate surface area is 128 Å². The Balaban J connectivity index is 2.05. The molecule has 0 saturated heterocycles. The first kappa shape index (κ1) is 15.8. The second-order valence-corrected chi connectivity index (χ2v) is 5.93. The van der Waals surface area contributed by atoms with Gasteiger partial charge in [-0.2, -0.15) is 0 Å². The van der Waals surface area contributed by atoms with Crippen LogP contribution in [0.1, 0.15) is 68.3 Å². The van der Waals surface area contributed by atoms with Gasteiger partial charge in [-0.15, -0.1) is 0 Å². The zero-order valence-corrected chi connectivity index (χ0v) is 13.3. The third-order valence-electron chi connectivity index (χ3n) is 4.18. The van der Waals surface area contributed by atoms with Crippen molar-refractivity contribution in [2.24, 2.45) is 0 Å². The summed E-state index contributed by atoms with van der Waals surface area (Å²) in [6.45, 7) is 3.89. The third-order valence-corrected chi connectivity index (χ3v) is 4.18. The molecule has 21 heavy (non-hydrogen) atoms. The zero-order chi connectivity index (χ0) is 15.1. The summed E-state index contributed by atoms with van der Waals surface area (Å²) in [7, 11) is 0. The number of carbonyl (C=O) groups excluding carboxylic acids is 1. The molecule has 1 heteroatoms. The van der Waals surface area contributed by atoms with Crippen LogP contribution in [-0.4, -0.2) is 5.78 Å². The molecule has 0 heterocycles. The van der Waals surface area contributed by atoms with E-state index in [1.807, 2.05) is 6.07 Å². The van der Waals surface area contributed by atoms with Crippen molar-refractivity contribution in [2.45, 2.75) is 58.8 Å². The SMILES string of the molecule is CCCCCCCCc1cccc2ccc(C(C)=O)cc12. The molecule has 0 aliphatic carbocycles. The van der Waals surface area contributed by atoms with Crippen molar-refractivity contribution in [1.82, 2.24) is 0 Å². The van der Waals surface area contributed by atoms with E-state index in [-0.39, 0.29) is 5.78 Å². The largest absolute Gasteiger partial charge is 0.295 e. The second-order valence-electron chi connectivity index (χ2n) is 5.93. The van der Waals surface area contributed by atoms with E-state index >= 15 is 0 Å². The molecule has 0 aliphatic rings. The number of benzene rings is 2. The third kappa shape index (κ3) is 4.42. The molecule has 2 aromatic carbocycles. The molecule has 0 atom stereocenters. The number of carbonyl (C=O) groups is 1.